The Hall–Kier alpha value is 0.380. The van der Waals surface area contributed by atoms with Crippen LogP contribution in [0.4, 0.5) is 0 Å². The maximum atomic E-state index is 11.9. The van der Waals surface area contributed by atoms with Crippen molar-refractivity contribution in [1.29, 1.82) is 0 Å². The van der Waals surface area contributed by atoms with E-state index in [2.05, 4.69) is 15.2 Å². The Morgan fingerprint density at radius 1 is 1.27 bits per heavy atom. The zero-order chi connectivity index (χ0) is 11.6. The van der Waals surface area contributed by atoms with Crippen LogP contribution in [-0.4, -0.2) is 25.1 Å². The third-order valence-corrected chi connectivity index (χ3v) is 4.20. The van der Waals surface area contributed by atoms with Crippen LogP contribution in [0.15, 0.2) is 0 Å². The standard InChI is InChI=1S/C7H18NO5PS/c1-3-10-14(9,11-4-2)6-5-7-15-13-12-8/h3-8H2,1-2H3. The predicted molar refractivity (Wildman–Crippen MR) is 59.2 cm³/mol. The molecule has 0 aliphatic rings. The van der Waals surface area contributed by atoms with Gasteiger partial charge in [-0.2, -0.15) is 5.90 Å². The normalized spacial score (nSPS) is 11.9. The zero-order valence-electron chi connectivity index (χ0n) is 9.01. The minimum Gasteiger partial charge on any atom is -0.309 e. The van der Waals surface area contributed by atoms with Gasteiger partial charge in [0.1, 0.15) is 0 Å². The maximum absolute atomic E-state index is 11.9. The first-order chi connectivity index (χ1) is 7.18. The van der Waals surface area contributed by atoms with Gasteiger partial charge in [0.15, 0.2) is 0 Å². The molecule has 0 radical (unpaired) electrons. The van der Waals surface area contributed by atoms with Gasteiger partial charge >= 0.3 is 7.60 Å². The Morgan fingerprint density at radius 2 is 1.87 bits per heavy atom. The average Bonchev–Trinajstić information content (AvgIpc) is 2.18. The van der Waals surface area contributed by atoms with E-state index >= 15 is 0 Å². The summed E-state index contributed by atoms with van der Waals surface area (Å²) in [5.74, 6) is 5.26. The highest BCUT2D eigenvalue weighted by Crippen LogP contribution is 2.48. The largest absolute Gasteiger partial charge is 0.330 e. The molecule has 0 bridgehead atoms. The summed E-state index contributed by atoms with van der Waals surface area (Å²) in [4.78, 5) is 3.90. The van der Waals surface area contributed by atoms with Crippen molar-refractivity contribution < 1.29 is 22.9 Å². The van der Waals surface area contributed by atoms with E-state index in [0.29, 0.717) is 31.5 Å². The number of hydrogen-bond donors (Lipinski definition) is 1. The molecule has 0 aromatic heterocycles. The van der Waals surface area contributed by atoms with Crippen molar-refractivity contribution in [3.05, 3.63) is 0 Å². The highest BCUT2D eigenvalue weighted by Gasteiger charge is 2.22. The van der Waals surface area contributed by atoms with Crippen LogP contribution in [0.2, 0.25) is 0 Å². The van der Waals surface area contributed by atoms with E-state index < -0.39 is 7.60 Å². The van der Waals surface area contributed by atoms with Crippen molar-refractivity contribution in [2.75, 3.05) is 25.1 Å². The molecule has 0 aliphatic heterocycles. The van der Waals surface area contributed by atoms with E-state index in [0.717, 1.165) is 12.0 Å². The Balaban J connectivity index is 3.71. The van der Waals surface area contributed by atoms with Gasteiger partial charge < -0.3 is 9.05 Å². The Labute approximate surface area is 94.4 Å². The molecule has 2 N–H and O–H groups in total. The molecular weight excluding hydrogens is 241 g/mol. The lowest BCUT2D eigenvalue weighted by Gasteiger charge is -2.16. The van der Waals surface area contributed by atoms with Gasteiger partial charge in [-0.1, -0.05) is 0 Å². The quantitative estimate of drug-likeness (QED) is 0.211. The monoisotopic (exact) mass is 259 g/mol. The molecule has 0 fully saturated rings. The predicted octanol–water partition coefficient (Wildman–Crippen LogP) is 2.11. The van der Waals surface area contributed by atoms with Crippen LogP contribution < -0.4 is 5.90 Å². The van der Waals surface area contributed by atoms with Crippen molar-refractivity contribution in [3.63, 3.8) is 0 Å². The molecule has 0 spiro atoms. The summed E-state index contributed by atoms with van der Waals surface area (Å²) in [5, 5.41) is 0. The van der Waals surface area contributed by atoms with E-state index in [-0.39, 0.29) is 0 Å². The van der Waals surface area contributed by atoms with Crippen LogP contribution in [0, 0.1) is 0 Å². The highest BCUT2D eigenvalue weighted by atomic mass is 32.2. The molecule has 0 aliphatic carbocycles. The number of nitrogens with two attached hydrogens (primary N) is 1. The lowest BCUT2D eigenvalue weighted by Crippen LogP contribution is -2.02. The van der Waals surface area contributed by atoms with E-state index in [9.17, 15) is 4.57 Å². The molecule has 92 valence electrons. The Kier molecular flexibility index (Phi) is 9.84. The van der Waals surface area contributed by atoms with E-state index in [1.807, 2.05) is 0 Å². The average molecular weight is 259 g/mol. The fourth-order valence-corrected chi connectivity index (χ4v) is 3.20. The summed E-state index contributed by atoms with van der Waals surface area (Å²) in [5.41, 5.74) is 0. The molecule has 15 heavy (non-hydrogen) atoms. The first kappa shape index (κ1) is 15.4. The van der Waals surface area contributed by atoms with Gasteiger partial charge in [-0.15, -0.1) is 9.32 Å². The van der Waals surface area contributed by atoms with Gasteiger partial charge in [0.25, 0.3) is 0 Å². The van der Waals surface area contributed by atoms with E-state index in [1.165, 1.54) is 0 Å². The van der Waals surface area contributed by atoms with Gasteiger partial charge in [0, 0.05) is 17.8 Å². The molecule has 0 amide bonds. The maximum Gasteiger partial charge on any atom is 0.330 e. The third-order valence-electron chi connectivity index (χ3n) is 1.40. The molecule has 0 rings (SSSR count). The molecule has 0 heterocycles. The summed E-state index contributed by atoms with van der Waals surface area (Å²) in [6.07, 6.45) is 1.01. The molecule has 6 nitrogen and oxygen atoms in total. The van der Waals surface area contributed by atoms with Gasteiger partial charge in [-0.25, -0.2) is 0 Å². The second kappa shape index (κ2) is 9.59. The lowest BCUT2D eigenvalue weighted by atomic mass is 10.6. The van der Waals surface area contributed by atoms with Crippen LogP contribution in [0.3, 0.4) is 0 Å². The minimum absolute atomic E-state index is 0.371. The topological polar surface area (TPSA) is 80.0 Å². The van der Waals surface area contributed by atoms with Gasteiger partial charge in [0.05, 0.1) is 19.4 Å². The van der Waals surface area contributed by atoms with Crippen molar-refractivity contribution in [3.8, 4) is 0 Å². The summed E-state index contributed by atoms with van der Waals surface area (Å²) < 4.78 is 26.5. The fraction of sp³-hybridized carbons (Fsp3) is 1.00. The van der Waals surface area contributed by atoms with Crippen LogP contribution in [0.5, 0.6) is 0 Å². The lowest BCUT2D eigenvalue weighted by molar-refractivity contribution is -0.195. The minimum atomic E-state index is -2.91. The molecule has 0 aromatic rings. The van der Waals surface area contributed by atoms with Gasteiger partial charge in [0.2, 0.25) is 0 Å². The SMILES string of the molecule is CCOP(=O)(CCCSOON)OCC. The summed E-state index contributed by atoms with van der Waals surface area (Å²) in [6.45, 7) is 4.33. The smallest absolute Gasteiger partial charge is 0.309 e. The summed E-state index contributed by atoms with van der Waals surface area (Å²) >= 11 is 1.05. The summed E-state index contributed by atoms with van der Waals surface area (Å²) in [7, 11) is -2.91. The fourth-order valence-electron chi connectivity index (χ4n) is 0.939. The molecule has 0 atom stereocenters. The summed E-state index contributed by atoms with van der Waals surface area (Å²) in [6, 6.07) is 0. The number of hydrogen-bond acceptors (Lipinski definition) is 7. The molecular formula is C7H18NO5PS. The van der Waals surface area contributed by atoms with Crippen LogP contribution in [-0.2, 0) is 22.9 Å². The van der Waals surface area contributed by atoms with E-state index in [4.69, 9.17) is 9.05 Å². The van der Waals surface area contributed by atoms with Crippen LogP contribution in [0.25, 0.3) is 0 Å². The first-order valence-electron chi connectivity index (χ1n) is 4.71. The molecule has 0 saturated heterocycles. The third kappa shape index (κ3) is 8.21. The van der Waals surface area contributed by atoms with E-state index in [1.54, 1.807) is 13.8 Å². The van der Waals surface area contributed by atoms with Gasteiger partial charge in [-0.05, 0) is 20.3 Å². The van der Waals surface area contributed by atoms with Crippen LogP contribution in [0.1, 0.15) is 20.3 Å². The molecule has 0 unspecified atom stereocenters. The molecule has 0 saturated carbocycles. The second-order valence-corrected chi connectivity index (χ2v) is 5.48. The van der Waals surface area contributed by atoms with Crippen molar-refractivity contribution in [1.82, 2.24) is 0 Å². The highest BCUT2D eigenvalue weighted by molar-refractivity contribution is 7.94. The first-order valence-corrected chi connectivity index (χ1v) is 7.35. The molecule has 0 aromatic carbocycles. The second-order valence-electron chi connectivity index (χ2n) is 2.51. The van der Waals surface area contributed by atoms with Crippen molar-refractivity contribution >= 4 is 19.6 Å². The van der Waals surface area contributed by atoms with Gasteiger partial charge in [-0.3, -0.25) is 4.57 Å². The van der Waals surface area contributed by atoms with Crippen molar-refractivity contribution in [2.45, 2.75) is 20.3 Å². The Morgan fingerprint density at radius 3 is 2.33 bits per heavy atom. The van der Waals surface area contributed by atoms with Crippen LogP contribution >= 0.6 is 19.6 Å². The zero-order valence-corrected chi connectivity index (χ0v) is 10.7. The number of rotatable bonds is 10. The Bertz CT molecular complexity index is 184. The molecule has 8 heteroatoms. The van der Waals surface area contributed by atoms with Crippen molar-refractivity contribution in [2.24, 2.45) is 5.90 Å².